The Morgan fingerprint density at radius 3 is 2.24 bits per heavy atom. The van der Waals surface area contributed by atoms with Gasteiger partial charge in [-0.3, -0.25) is 19.3 Å². The molecule has 1 aliphatic heterocycles. The van der Waals surface area contributed by atoms with Crippen molar-refractivity contribution in [2.24, 2.45) is 35.5 Å². The first kappa shape index (κ1) is 18.2. The van der Waals surface area contributed by atoms with Crippen molar-refractivity contribution >= 4 is 23.4 Å². The van der Waals surface area contributed by atoms with Crippen molar-refractivity contribution in [3.05, 3.63) is 30.4 Å². The summed E-state index contributed by atoms with van der Waals surface area (Å²) >= 11 is 0. The Kier molecular flexibility index (Phi) is 3.98. The smallest absolute Gasteiger partial charge is 0.247 e. The van der Waals surface area contributed by atoms with Crippen molar-refractivity contribution in [3.63, 3.8) is 0 Å². The minimum Gasteiger partial charge on any atom is -0.497 e. The molecule has 5 aliphatic rings. The molecule has 1 saturated heterocycles. The van der Waals surface area contributed by atoms with E-state index in [9.17, 15) is 14.4 Å². The van der Waals surface area contributed by atoms with Gasteiger partial charge in [-0.15, -0.1) is 0 Å². The summed E-state index contributed by atoms with van der Waals surface area (Å²) in [4.78, 5) is 40.4. The van der Waals surface area contributed by atoms with Gasteiger partial charge in [0.25, 0.3) is 0 Å². The number of rotatable bonds is 5. The highest BCUT2D eigenvalue weighted by molar-refractivity contribution is 6.10. The fourth-order valence-electron chi connectivity index (χ4n) is 5.62. The number of anilines is 1. The van der Waals surface area contributed by atoms with E-state index in [1.54, 1.807) is 32.2 Å². The quantitative estimate of drug-likeness (QED) is 0.609. The fraction of sp³-hybridized carbons (Fsp3) is 0.500. The molecule has 3 amide bonds. The van der Waals surface area contributed by atoms with Crippen LogP contribution in [0.4, 0.5) is 5.69 Å². The Morgan fingerprint density at radius 1 is 1.07 bits per heavy atom. The summed E-state index contributed by atoms with van der Waals surface area (Å²) in [5.41, 5.74) is 0.463. The highest BCUT2D eigenvalue weighted by atomic mass is 16.5. The lowest BCUT2D eigenvalue weighted by Crippen LogP contribution is -2.46. The Bertz CT molecular complexity index is 905. The number of likely N-dealkylation sites (tertiary alicyclic amines) is 1. The normalized spacial score (nSPS) is 34.5. The molecule has 0 aromatic heterocycles. The van der Waals surface area contributed by atoms with Gasteiger partial charge in [0.1, 0.15) is 17.5 Å². The number of amides is 3. The van der Waals surface area contributed by atoms with Gasteiger partial charge < -0.3 is 14.8 Å². The molecular formula is C22H24N2O5. The number of nitrogens with zero attached hydrogens (tertiary/aromatic N) is 1. The summed E-state index contributed by atoms with van der Waals surface area (Å²) in [5, 5.41) is 2.79. The summed E-state index contributed by atoms with van der Waals surface area (Å²) < 4.78 is 10.5. The average molecular weight is 396 g/mol. The van der Waals surface area contributed by atoms with E-state index in [1.165, 1.54) is 12.0 Å². The zero-order chi connectivity index (χ0) is 20.4. The maximum atomic E-state index is 13.2. The third kappa shape index (κ3) is 2.52. The van der Waals surface area contributed by atoms with Gasteiger partial charge in [-0.1, -0.05) is 12.2 Å². The molecular weight excluding hydrogens is 372 g/mol. The maximum absolute atomic E-state index is 13.2. The van der Waals surface area contributed by atoms with Gasteiger partial charge in [-0.2, -0.15) is 0 Å². The Labute approximate surface area is 169 Å². The van der Waals surface area contributed by atoms with Crippen molar-refractivity contribution in [1.29, 1.82) is 0 Å². The van der Waals surface area contributed by atoms with Crippen molar-refractivity contribution in [3.8, 4) is 11.5 Å². The number of ether oxygens (including phenoxy) is 2. The van der Waals surface area contributed by atoms with Crippen LogP contribution in [0.3, 0.4) is 0 Å². The Hall–Kier alpha value is -2.83. The molecule has 2 bridgehead atoms. The van der Waals surface area contributed by atoms with Crippen LogP contribution in [-0.4, -0.2) is 42.9 Å². The Morgan fingerprint density at radius 2 is 1.69 bits per heavy atom. The van der Waals surface area contributed by atoms with E-state index < -0.39 is 11.9 Å². The molecule has 3 fully saturated rings. The van der Waals surface area contributed by atoms with Crippen molar-refractivity contribution in [2.45, 2.75) is 19.4 Å². The number of benzene rings is 1. The van der Waals surface area contributed by atoms with E-state index in [-0.39, 0.29) is 35.5 Å². The number of carbonyl (C=O) groups is 3. The molecule has 7 nitrogen and oxygen atoms in total. The van der Waals surface area contributed by atoms with Crippen LogP contribution in [0.1, 0.15) is 13.3 Å². The topological polar surface area (TPSA) is 84.9 Å². The second-order valence-corrected chi connectivity index (χ2v) is 8.43. The van der Waals surface area contributed by atoms with Gasteiger partial charge in [-0.05, 0) is 49.1 Å². The lowest BCUT2D eigenvalue weighted by Gasteiger charge is -2.37. The number of allylic oxidation sites excluding steroid dienone is 2. The van der Waals surface area contributed by atoms with Gasteiger partial charge >= 0.3 is 0 Å². The molecule has 6 rings (SSSR count). The molecule has 7 atom stereocenters. The summed E-state index contributed by atoms with van der Waals surface area (Å²) in [6, 6.07) is 4.16. The molecule has 0 spiro atoms. The van der Waals surface area contributed by atoms with E-state index in [0.29, 0.717) is 29.0 Å². The number of nitrogens with one attached hydrogen (secondary N) is 1. The van der Waals surface area contributed by atoms with Crippen LogP contribution in [0.5, 0.6) is 11.5 Å². The SMILES string of the molecule is COc1ccc(NC(=O)[C@H](C)N2C(=O)[C@@H]3[C@@H]4C=C[C@@H]([C@@H]5C[C@H]45)[C@@H]3C2=O)c(OC)c1. The lowest BCUT2D eigenvalue weighted by atomic mass is 9.63. The summed E-state index contributed by atoms with van der Waals surface area (Å²) in [6.45, 7) is 1.61. The number of hydrogen-bond donors (Lipinski definition) is 1. The number of hydrogen-bond acceptors (Lipinski definition) is 5. The third-order valence-electron chi connectivity index (χ3n) is 7.13. The molecule has 29 heavy (non-hydrogen) atoms. The first-order chi connectivity index (χ1) is 14.0. The minimum absolute atomic E-state index is 0.147. The average Bonchev–Trinajstić information content (AvgIpc) is 3.51. The van der Waals surface area contributed by atoms with E-state index in [2.05, 4.69) is 17.5 Å². The van der Waals surface area contributed by atoms with Crippen LogP contribution in [0.15, 0.2) is 30.4 Å². The highest BCUT2D eigenvalue weighted by Crippen LogP contribution is 2.65. The monoisotopic (exact) mass is 396 g/mol. The Balaban J connectivity index is 1.36. The molecule has 0 radical (unpaired) electrons. The predicted octanol–water partition coefficient (Wildman–Crippen LogP) is 2.08. The molecule has 7 heteroatoms. The largest absolute Gasteiger partial charge is 0.497 e. The van der Waals surface area contributed by atoms with Crippen LogP contribution in [-0.2, 0) is 14.4 Å². The minimum atomic E-state index is -0.886. The lowest BCUT2D eigenvalue weighted by molar-refractivity contribution is -0.146. The number of methoxy groups -OCH3 is 2. The molecule has 1 aromatic rings. The van der Waals surface area contributed by atoms with Gasteiger partial charge in [-0.25, -0.2) is 0 Å². The zero-order valence-corrected chi connectivity index (χ0v) is 16.6. The number of imide groups is 1. The molecule has 1 N–H and O–H groups in total. The first-order valence-corrected chi connectivity index (χ1v) is 10.0. The van der Waals surface area contributed by atoms with Gasteiger partial charge in [0, 0.05) is 6.07 Å². The summed E-state index contributed by atoms with van der Waals surface area (Å²) in [6.07, 6.45) is 5.37. The van der Waals surface area contributed by atoms with Crippen molar-refractivity contribution in [2.75, 3.05) is 19.5 Å². The van der Waals surface area contributed by atoms with E-state index in [0.717, 1.165) is 6.42 Å². The predicted molar refractivity (Wildman–Crippen MR) is 104 cm³/mol. The van der Waals surface area contributed by atoms with Crippen LogP contribution < -0.4 is 14.8 Å². The van der Waals surface area contributed by atoms with Gasteiger partial charge in [0.05, 0.1) is 31.7 Å². The fourth-order valence-corrected chi connectivity index (χ4v) is 5.62. The number of carbonyl (C=O) groups excluding carboxylic acids is 3. The molecule has 1 aromatic carbocycles. The van der Waals surface area contributed by atoms with E-state index >= 15 is 0 Å². The van der Waals surface area contributed by atoms with E-state index in [1.807, 2.05) is 0 Å². The highest BCUT2D eigenvalue weighted by Gasteiger charge is 2.67. The van der Waals surface area contributed by atoms with Crippen molar-refractivity contribution in [1.82, 2.24) is 4.90 Å². The van der Waals surface area contributed by atoms with Gasteiger partial charge in [0.15, 0.2) is 0 Å². The van der Waals surface area contributed by atoms with Crippen LogP contribution >= 0.6 is 0 Å². The van der Waals surface area contributed by atoms with Crippen LogP contribution in [0, 0.1) is 35.5 Å². The van der Waals surface area contributed by atoms with Crippen molar-refractivity contribution < 1.29 is 23.9 Å². The molecule has 1 heterocycles. The molecule has 0 unspecified atom stereocenters. The molecule has 152 valence electrons. The maximum Gasteiger partial charge on any atom is 0.247 e. The second-order valence-electron chi connectivity index (χ2n) is 8.43. The van der Waals surface area contributed by atoms with Crippen LogP contribution in [0.25, 0.3) is 0 Å². The summed E-state index contributed by atoms with van der Waals surface area (Å²) in [5.74, 6) is 0.998. The standard InChI is InChI=1S/C22H24N2O5/c1-10(20(25)23-16-7-4-11(28-2)8-17(16)29-3)24-21(26)18-12-5-6-13(15-9-14(12)15)19(18)22(24)27/h4-8,10,12-15,18-19H,9H2,1-3H3,(H,23,25)/t10-,12-,13+,14-,15+,18-,19+/m0/s1. The van der Waals surface area contributed by atoms with Crippen LogP contribution in [0.2, 0.25) is 0 Å². The third-order valence-corrected chi connectivity index (χ3v) is 7.13. The molecule has 2 saturated carbocycles. The second kappa shape index (κ2) is 6.34. The van der Waals surface area contributed by atoms with E-state index in [4.69, 9.17) is 9.47 Å². The first-order valence-electron chi connectivity index (χ1n) is 10.0. The summed E-state index contributed by atoms with van der Waals surface area (Å²) in [7, 11) is 3.05. The zero-order valence-electron chi connectivity index (χ0n) is 16.6. The molecule has 4 aliphatic carbocycles. The van der Waals surface area contributed by atoms with Gasteiger partial charge in [0.2, 0.25) is 17.7 Å².